The molecule has 0 unspecified atom stereocenters. The van der Waals surface area contributed by atoms with Gasteiger partial charge in [-0.05, 0) is 29.8 Å². The van der Waals surface area contributed by atoms with Crippen molar-refractivity contribution in [2.75, 3.05) is 24.5 Å². The van der Waals surface area contributed by atoms with Crippen LogP contribution in [0.3, 0.4) is 0 Å². The minimum Gasteiger partial charge on any atom is -0.480 e. The minimum absolute atomic E-state index is 0.0104. The molecule has 1 fully saturated rings. The Bertz CT molecular complexity index is 1640. The van der Waals surface area contributed by atoms with Crippen LogP contribution < -0.4 is 10.6 Å². The van der Waals surface area contributed by atoms with E-state index in [4.69, 9.17) is 17.3 Å². The summed E-state index contributed by atoms with van der Waals surface area (Å²) in [5.74, 6) is -3.54. The molecular formula is C27H28ClF2N7O4S. The molecule has 0 aliphatic carbocycles. The number of benzene rings is 2. The van der Waals surface area contributed by atoms with Crippen LogP contribution in [0.5, 0.6) is 0 Å². The molecule has 1 saturated heterocycles. The van der Waals surface area contributed by atoms with E-state index >= 15 is 0 Å². The van der Waals surface area contributed by atoms with Crippen LogP contribution in [0.2, 0.25) is 5.02 Å². The molecule has 1 aliphatic heterocycles. The summed E-state index contributed by atoms with van der Waals surface area (Å²) < 4.78 is 53.1. The molecule has 3 N–H and O–H groups in total. The van der Waals surface area contributed by atoms with E-state index in [0.717, 1.165) is 9.87 Å². The van der Waals surface area contributed by atoms with Crippen molar-refractivity contribution in [2.24, 2.45) is 5.73 Å². The van der Waals surface area contributed by atoms with E-state index in [1.54, 1.807) is 17.0 Å². The first kappa shape index (κ1) is 31.1. The van der Waals surface area contributed by atoms with E-state index in [-0.39, 0.29) is 36.5 Å². The summed E-state index contributed by atoms with van der Waals surface area (Å²) >= 11 is 5.82. The van der Waals surface area contributed by atoms with Crippen LogP contribution in [0.4, 0.5) is 14.6 Å². The number of carboxylic acid groups (broad SMARTS) is 1. The molecule has 11 nitrogen and oxygen atoms in total. The highest BCUT2D eigenvalue weighted by Gasteiger charge is 2.40. The number of carbonyl (C=O) groups is 1. The molecule has 2 aromatic heterocycles. The maximum atomic E-state index is 13.1. The summed E-state index contributed by atoms with van der Waals surface area (Å²) in [5.41, 5.74) is 7.17. The van der Waals surface area contributed by atoms with Crippen LogP contribution >= 0.6 is 11.6 Å². The number of nitrogens with zero attached hydrogens (tertiary/aromatic N) is 6. The SMILES string of the molecule is CCC(F)(F)c1ccc(CN)cc1.O=C(O)[C@H]1CN(c2cnc3cncnc3n2)CCN1S(=O)(=O)c1ccc(Cl)cc1. The van der Waals surface area contributed by atoms with Crippen LogP contribution in [0.15, 0.2) is 72.1 Å². The number of nitrogens with two attached hydrogens (primary N) is 1. The number of hydrogen-bond donors (Lipinski definition) is 2. The molecule has 3 heterocycles. The minimum atomic E-state index is -4.00. The maximum Gasteiger partial charge on any atom is 0.323 e. The van der Waals surface area contributed by atoms with Gasteiger partial charge in [-0.3, -0.25) is 4.79 Å². The van der Waals surface area contributed by atoms with Gasteiger partial charge in [-0.1, -0.05) is 42.8 Å². The number of aliphatic carboxylic acids is 1. The first-order valence-electron chi connectivity index (χ1n) is 12.8. The van der Waals surface area contributed by atoms with E-state index in [1.807, 2.05) is 0 Å². The summed E-state index contributed by atoms with van der Waals surface area (Å²) in [5, 5.41) is 10.1. The molecule has 0 bridgehead atoms. The average Bonchev–Trinajstić information content (AvgIpc) is 3.01. The molecule has 222 valence electrons. The van der Waals surface area contributed by atoms with Gasteiger partial charge in [0.15, 0.2) is 5.65 Å². The van der Waals surface area contributed by atoms with Crippen molar-refractivity contribution in [2.45, 2.75) is 36.7 Å². The number of piperazine rings is 1. The van der Waals surface area contributed by atoms with Crippen molar-refractivity contribution in [1.29, 1.82) is 0 Å². The molecule has 2 aromatic carbocycles. The molecule has 1 aliphatic rings. The lowest BCUT2D eigenvalue weighted by molar-refractivity contribution is -0.141. The second-order valence-corrected chi connectivity index (χ2v) is 11.6. The lowest BCUT2D eigenvalue weighted by Gasteiger charge is -2.38. The van der Waals surface area contributed by atoms with Crippen LogP contribution in [-0.2, 0) is 27.3 Å². The highest BCUT2D eigenvalue weighted by atomic mass is 35.5. The number of carboxylic acids is 1. The number of aromatic nitrogens is 4. The Hall–Kier alpha value is -3.85. The molecule has 15 heteroatoms. The number of alkyl halides is 2. The monoisotopic (exact) mass is 619 g/mol. The van der Waals surface area contributed by atoms with Crippen molar-refractivity contribution in [3.05, 3.63) is 83.4 Å². The number of fused-ring (bicyclic) bond motifs is 1. The third-order valence-corrected chi connectivity index (χ3v) is 8.80. The van der Waals surface area contributed by atoms with Gasteiger partial charge >= 0.3 is 5.97 Å². The number of sulfonamides is 1. The van der Waals surface area contributed by atoms with Crippen molar-refractivity contribution < 1.29 is 27.1 Å². The van der Waals surface area contributed by atoms with Gasteiger partial charge in [0.2, 0.25) is 10.0 Å². The number of hydrogen-bond acceptors (Lipinski definition) is 9. The zero-order valence-corrected chi connectivity index (χ0v) is 24.0. The lowest BCUT2D eigenvalue weighted by atomic mass is 10.0. The van der Waals surface area contributed by atoms with Crippen LogP contribution in [0.25, 0.3) is 11.2 Å². The zero-order valence-electron chi connectivity index (χ0n) is 22.4. The smallest absolute Gasteiger partial charge is 0.323 e. The van der Waals surface area contributed by atoms with Crippen molar-refractivity contribution in [1.82, 2.24) is 24.2 Å². The van der Waals surface area contributed by atoms with Crippen LogP contribution in [0.1, 0.15) is 24.5 Å². The summed E-state index contributed by atoms with van der Waals surface area (Å²) in [6.07, 6.45) is 4.19. The van der Waals surface area contributed by atoms with E-state index in [2.05, 4.69) is 19.9 Å². The third-order valence-electron chi connectivity index (χ3n) is 6.63. The normalized spacial score (nSPS) is 16.1. The van der Waals surface area contributed by atoms with Gasteiger partial charge in [0.05, 0.1) is 17.3 Å². The Labute approximate surface area is 246 Å². The van der Waals surface area contributed by atoms with Gasteiger partial charge in [-0.25, -0.2) is 37.1 Å². The third kappa shape index (κ3) is 6.95. The molecular weight excluding hydrogens is 592 g/mol. The van der Waals surface area contributed by atoms with Crippen LogP contribution in [-0.4, -0.2) is 69.4 Å². The fourth-order valence-electron chi connectivity index (χ4n) is 4.20. The van der Waals surface area contributed by atoms with Gasteiger partial charge in [0, 0.05) is 43.2 Å². The standard InChI is InChI=1S/C17H15ClN6O4S.C10H13F2N/c18-11-1-3-12(4-2-11)29(27,28)24-6-5-23(9-14(24)17(25)26)15-8-20-13-7-19-10-21-16(13)22-15;1-2-10(11,12)9-5-3-8(7-13)4-6-9/h1-4,7-8,10,14H,5-6,9H2,(H,25,26);3-6H,2,7,13H2,1H3/t14-;/m1./s1. The Morgan fingerprint density at radius 1 is 1.10 bits per heavy atom. The molecule has 4 aromatic rings. The first-order chi connectivity index (χ1) is 20.0. The van der Waals surface area contributed by atoms with E-state index in [0.29, 0.717) is 28.5 Å². The fraction of sp³-hybridized carbons (Fsp3) is 0.296. The fourth-order valence-corrected chi connectivity index (χ4v) is 5.89. The molecule has 0 saturated carbocycles. The van der Waals surface area contributed by atoms with Crippen molar-refractivity contribution >= 4 is 44.6 Å². The molecule has 0 radical (unpaired) electrons. The van der Waals surface area contributed by atoms with E-state index < -0.39 is 28.0 Å². The highest BCUT2D eigenvalue weighted by Crippen LogP contribution is 2.31. The Kier molecular flexibility index (Phi) is 9.61. The largest absolute Gasteiger partial charge is 0.480 e. The summed E-state index contributed by atoms with van der Waals surface area (Å²) in [6.45, 7) is 2.01. The van der Waals surface area contributed by atoms with E-state index in [9.17, 15) is 27.1 Å². The second kappa shape index (κ2) is 13.0. The number of anilines is 1. The summed E-state index contributed by atoms with van der Waals surface area (Å²) in [4.78, 5) is 30.1. The van der Waals surface area contributed by atoms with Gasteiger partial charge < -0.3 is 15.7 Å². The van der Waals surface area contributed by atoms with Crippen molar-refractivity contribution in [3.63, 3.8) is 0 Å². The zero-order chi connectivity index (χ0) is 30.5. The first-order valence-corrected chi connectivity index (χ1v) is 14.6. The van der Waals surface area contributed by atoms with Gasteiger partial charge in [-0.15, -0.1) is 0 Å². The predicted octanol–water partition coefficient (Wildman–Crippen LogP) is 3.68. The summed E-state index contributed by atoms with van der Waals surface area (Å²) in [6, 6.07) is 10.5. The lowest BCUT2D eigenvalue weighted by Crippen LogP contribution is -2.58. The molecule has 0 amide bonds. The Morgan fingerprint density at radius 3 is 2.40 bits per heavy atom. The summed E-state index contributed by atoms with van der Waals surface area (Å²) in [7, 11) is -4.00. The quantitative estimate of drug-likeness (QED) is 0.313. The maximum absolute atomic E-state index is 13.1. The molecule has 42 heavy (non-hydrogen) atoms. The number of halogens is 3. The van der Waals surface area contributed by atoms with Gasteiger partial charge in [0.1, 0.15) is 23.7 Å². The topological polar surface area (TPSA) is 156 Å². The molecule has 0 spiro atoms. The molecule has 1 atom stereocenters. The average molecular weight is 620 g/mol. The van der Waals surface area contributed by atoms with Crippen LogP contribution in [0, 0.1) is 0 Å². The second-order valence-electron chi connectivity index (χ2n) is 9.29. The van der Waals surface area contributed by atoms with Gasteiger partial charge in [0.25, 0.3) is 5.92 Å². The molecule has 5 rings (SSSR count). The Morgan fingerprint density at radius 2 is 1.79 bits per heavy atom. The highest BCUT2D eigenvalue weighted by molar-refractivity contribution is 7.89. The Balaban J connectivity index is 0.000000262. The van der Waals surface area contributed by atoms with E-state index in [1.165, 1.54) is 62.0 Å². The van der Waals surface area contributed by atoms with Crippen molar-refractivity contribution in [3.8, 4) is 0 Å². The number of rotatable bonds is 7. The van der Waals surface area contributed by atoms with Gasteiger partial charge in [-0.2, -0.15) is 4.31 Å². The predicted molar refractivity (Wildman–Crippen MR) is 153 cm³/mol.